The summed E-state index contributed by atoms with van der Waals surface area (Å²) in [7, 11) is 0. The number of nitrogens with two attached hydrogens (primary N) is 1. The molecule has 0 radical (unpaired) electrons. The van der Waals surface area contributed by atoms with Gasteiger partial charge in [-0.05, 0) is 12.1 Å². The largest absolute Gasteiger partial charge is 0.489 e. The number of esters is 1. The molecule has 0 saturated heterocycles. The van der Waals surface area contributed by atoms with Gasteiger partial charge in [0, 0.05) is 5.56 Å². The Bertz CT molecular complexity index is 1010. The van der Waals surface area contributed by atoms with Gasteiger partial charge in [0.1, 0.15) is 19.0 Å². The Morgan fingerprint density at radius 3 is 1.22 bits per heavy atom. The lowest BCUT2D eigenvalue weighted by atomic mass is 10.1. The first-order chi connectivity index (χ1) is 22.2. The smallest absolute Gasteiger partial charge is 0.379 e. The molecule has 2 N–H and O–H groups in total. The minimum absolute atomic E-state index is 0.00294. The van der Waals surface area contributed by atoms with Crippen molar-refractivity contribution in [2.45, 2.75) is 0 Å². The Labute approximate surface area is 265 Å². The fraction of sp³-hybridized carbons (Fsp3) is 0.562. The molecule has 45 heavy (non-hydrogen) atoms. The molecule has 0 unspecified atom stereocenters. The van der Waals surface area contributed by atoms with E-state index in [2.05, 4.69) is 0 Å². The molecule has 0 saturated carbocycles. The molecule has 0 aromatic heterocycles. The van der Waals surface area contributed by atoms with Crippen molar-refractivity contribution in [2.24, 2.45) is 0 Å². The molecule has 13 heteroatoms. The predicted octanol–water partition coefficient (Wildman–Crippen LogP) is 2.21. The number of benzene rings is 2. The highest BCUT2D eigenvalue weighted by Crippen LogP contribution is 2.19. The number of Topliss-reactive ketones (excluding diaryl/α,β-unsaturated/α-hetero) is 1. The number of ketones is 1. The van der Waals surface area contributed by atoms with Gasteiger partial charge in [0.15, 0.2) is 0 Å². The second kappa shape index (κ2) is 27.2. The van der Waals surface area contributed by atoms with Gasteiger partial charge in [0.2, 0.25) is 0 Å². The summed E-state index contributed by atoms with van der Waals surface area (Å²) >= 11 is 0. The molecule has 0 aliphatic rings. The van der Waals surface area contributed by atoms with E-state index in [9.17, 15) is 9.59 Å². The molecule has 252 valence electrons. The van der Waals surface area contributed by atoms with Crippen molar-refractivity contribution in [3.05, 3.63) is 60.2 Å². The third-order valence-electron chi connectivity index (χ3n) is 5.69. The quantitative estimate of drug-likeness (QED) is 0.0438. The van der Waals surface area contributed by atoms with E-state index >= 15 is 0 Å². The molecule has 2 rings (SSSR count). The van der Waals surface area contributed by atoms with Crippen LogP contribution in [0, 0.1) is 0 Å². The minimum atomic E-state index is -0.898. The second-order valence-electron chi connectivity index (χ2n) is 9.12. The fourth-order valence-electron chi connectivity index (χ4n) is 3.43. The Hall–Kier alpha value is -3.14. The zero-order valence-electron chi connectivity index (χ0n) is 25.9. The summed E-state index contributed by atoms with van der Waals surface area (Å²) < 4.78 is 53.9. The minimum Gasteiger partial charge on any atom is -0.489 e. The fourth-order valence-corrected chi connectivity index (χ4v) is 3.43. The van der Waals surface area contributed by atoms with E-state index in [1.807, 2.05) is 18.2 Å². The van der Waals surface area contributed by atoms with Crippen molar-refractivity contribution in [3.63, 3.8) is 0 Å². The summed E-state index contributed by atoms with van der Waals surface area (Å²) in [5.41, 5.74) is 6.72. The van der Waals surface area contributed by atoms with Crippen LogP contribution >= 0.6 is 0 Å². The molecule has 0 atom stereocenters. The van der Waals surface area contributed by atoms with Crippen LogP contribution in [0.4, 0.5) is 5.69 Å². The summed E-state index contributed by atoms with van der Waals surface area (Å²) in [6, 6.07) is 15.6. The number of carbonyl (C=O) groups is 2. The first-order valence-corrected chi connectivity index (χ1v) is 15.0. The SMILES string of the molecule is Nc1ccccc1OCCOCCOCCOCCOCCOCCOCCOCCOCCOC(=O)C(=O)c1ccccc1. The van der Waals surface area contributed by atoms with Crippen LogP contribution < -0.4 is 10.5 Å². The Morgan fingerprint density at radius 1 is 0.444 bits per heavy atom. The molecule has 0 bridgehead atoms. The van der Waals surface area contributed by atoms with Gasteiger partial charge in [-0.15, -0.1) is 0 Å². The van der Waals surface area contributed by atoms with Crippen LogP contribution in [0.1, 0.15) is 10.4 Å². The summed E-state index contributed by atoms with van der Waals surface area (Å²) in [5, 5.41) is 0. The van der Waals surface area contributed by atoms with Gasteiger partial charge < -0.3 is 53.1 Å². The van der Waals surface area contributed by atoms with Crippen LogP contribution in [0.3, 0.4) is 0 Å². The molecule has 0 amide bonds. The summed E-state index contributed by atoms with van der Waals surface area (Å²) in [4.78, 5) is 23.6. The lowest BCUT2D eigenvalue weighted by Gasteiger charge is -2.09. The maximum atomic E-state index is 11.9. The molecule has 0 aliphatic heterocycles. The number of rotatable bonds is 30. The molecule has 0 aliphatic carbocycles. The van der Waals surface area contributed by atoms with Gasteiger partial charge in [0.25, 0.3) is 5.78 Å². The van der Waals surface area contributed by atoms with Gasteiger partial charge in [-0.1, -0.05) is 42.5 Å². The zero-order valence-corrected chi connectivity index (χ0v) is 25.9. The number of nitrogen functional groups attached to an aromatic ring is 1. The number of carbonyl (C=O) groups excluding carboxylic acids is 2. The molecule has 0 heterocycles. The third-order valence-corrected chi connectivity index (χ3v) is 5.69. The average molecular weight is 638 g/mol. The van der Waals surface area contributed by atoms with Crippen molar-refractivity contribution in [1.29, 1.82) is 0 Å². The first-order valence-electron chi connectivity index (χ1n) is 15.0. The van der Waals surface area contributed by atoms with Gasteiger partial charge in [-0.3, -0.25) is 4.79 Å². The van der Waals surface area contributed by atoms with E-state index in [0.29, 0.717) is 123 Å². The van der Waals surface area contributed by atoms with Crippen LogP contribution in [-0.2, 0) is 47.4 Å². The lowest BCUT2D eigenvalue weighted by molar-refractivity contribution is -0.139. The third kappa shape index (κ3) is 20.5. The van der Waals surface area contributed by atoms with E-state index in [-0.39, 0.29) is 13.2 Å². The van der Waals surface area contributed by atoms with Crippen LogP contribution in [-0.4, -0.2) is 131 Å². The molecule has 0 fully saturated rings. The highest BCUT2D eigenvalue weighted by Gasteiger charge is 2.17. The van der Waals surface area contributed by atoms with Gasteiger partial charge in [0.05, 0.1) is 111 Å². The number of anilines is 1. The number of hydrogen-bond acceptors (Lipinski definition) is 13. The summed E-state index contributed by atoms with van der Waals surface area (Å²) in [6.07, 6.45) is 0. The van der Waals surface area contributed by atoms with Crippen LogP contribution in [0.2, 0.25) is 0 Å². The molecule has 2 aromatic rings. The zero-order chi connectivity index (χ0) is 32.0. The van der Waals surface area contributed by atoms with Gasteiger partial charge in [-0.2, -0.15) is 0 Å². The molecule has 13 nitrogen and oxygen atoms in total. The van der Waals surface area contributed by atoms with Crippen molar-refractivity contribution in [2.75, 3.05) is 125 Å². The number of para-hydroxylation sites is 2. The topological polar surface area (TPSA) is 152 Å². The standard InChI is InChI=1S/C32H47NO12/c33-29-8-4-5-9-30(29)44-26-24-42-22-20-40-18-16-38-14-12-36-10-11-37-13-15-39-17-19-41-21-23-43-25-27-45-32(35)31(34)28-6-2-1-3-7-28/h1-9H,10-27,33H2. The maximum Gasteiger partial charge on any atom is 0.379 e. The summed E-state index contributed by atoms with van der Waals surface area (Å²) in [6.45, 7) is 7.41. The van der Waals surface area contributed by atoms with Gasteiger partial charge >= 0.3 is 5.97 Å². The lowest BCUT2D eigenvalue weighted by Crippen LogP contribution is -2.20. The Balaban J connectivity index is 1.19. The average Bonchev–Trinajstić information content (AvgIpc) is 3.06. The molecular weight excluding hydrogens is 590 g/mol. The first kappa shape index (κ1) is 38.0. The van der Waals surface area contributed by atoms with Gasteiger partial charge in [-0.25, -0.2) is 4.79 Å². The molecule has 0 spiro atoms. The van der Waals surface area contributed by atoms with Crippen molar-refractivity contribution in [1.82, 2.24) is 0 Å². The highest BCUT2D eigenvalue weighted by molar-refractivity contribution is 6.40. The normalized spacial score (nSPS) is 11.0. The van der Waals surface area contributed by atoms with Crippen LogP contribution in [0.25, 0.3) is 0 Å². The highest BCUT2D eigenvalue weighted by atomic mass is 16.6. The Morgan fingerprint density at radius 2 is 0.800 bits per heavy atom. The second-order valence-corrected chi connectivity index (χ2v) is 9.12. The van der Waals surface area contributed by atoms with E-state index in [1.165, 1.54) is 0 Å². The number of ether oxygens (including phenoxy) is 10. The van der Waals surface area contributed by atoms with E-state index < -0.39 is 11.8 Å². The van der Waals surface area contributed by atoms with E-state index in [4.69, 9.17) is 53.1 Å². The maximum absolute atomic E-state index is 11.9. The van der Waals surface area contributed by atoms with Crippen LogP contribution in [0.5, 0.6) is 5.75 Å². The molecular formula is C32H47NO12. The van der Waals surface area contributed by atoms with E-state index in [1.54, 1.807) is 36.4 Å². The predicted molar refractivity (Wildman–Crippen MR) is 165 cm³/mol. The van der Waals surface area contributed by atoms with Crippen molar-refractivity contribution >= 4 is 17.4 Å². The van der Waals surface area contributed by atoms with Crippen LogP contribution in [0.15, 0.2) is 54.6 Å². The number of hydrogen-bond donors (Lipinski definition) is 1. The Kier molecular flexibility index (Phi) is 23.0. The van der Waals surface area contributed by atoms with E-state index in [0.717, 1.165) is 0 Å². The monoisotopic (exact) mass is 637 g/mol. The summed E-state index contributed by atoms with van der Waals surface area (Å²) in [5.74, 6) is -0.914. The van der Waals surface area contributed by atoms with Crippen molar-refractivity contribution in [3.8, 4) is 5.75 Å². The molecule has 2 aromatic carbocycles. The van der Waals surface area contributed by atoms with Crippen molar-refractivity contribution < 1.29 is 57.0 Å².